The van der Waals surface area contributed by atoms with Gasteiger partial charge in [0.25, 0.3) is 5.91 Å². The van der Waals surface area contributed by atoms with Crippen LogP contribution in [-0.4, -0.2) is 29.4 Å². The van der Waals surface area contributed by atoms with Crippen molar-refractivity contribution >= 4 is 16.7 Å². The van der Waals surface area contributed by atoms with Gasteiger partial charge in [-0.15, -0.1) is 0 Å². The van der Waals surface area contributed by atoms with Crippen molar-refractivity contribution in [3.63, 3.8) is 0 Å². The van der Waals surface area contributed by atoms with Crippen molar-refractivity contribution in [2.24, 2.45) is 11.7 Å². The van der Waals surface area contributed by atoms with Crippen LogP contribution in [-0.2, 0) is 0 Å². The molecule has 1 saturated carbocycles. The van der Waals surface area contributed by atoms with Gasteiger partial charge in [0.2, 0.25) is 0 Å². The fourth-order valence-corrected chi connectivity index (χ4v) is 3.31. The van der Waals surface area contributed by atoms with Crippen LogP contribution < -0.4 is 5.73 Å². The zero-order valence-corrected chi connectivity index (χ0v) is 11.4. The molecule has 0 aromatic heterocycles. The summed E-state index contributed by atoms with van der Waals surface area (Å²) in [5.41, 5.74) is 7.01. The lowest BCUT2D eigenvalue weighted by atomic mass is 9.85. The first kappa shape index (κ1) is 11.9. The molecule has 1 heterocycles. The Bertz CT molecular complexity index is 679. The Labute approximate surface area is 118 Å². The molecule has 2 aromatic rings. The molecule has 2 N–H and O–H groups in total. The number of fused-ring (bicyclic) bond motifs is 1. The molecule has 1 aliphatic heterocycles. The van der Waals surface area contributed by atoms with Crippen molar-refractivity contribution in [1.29, 1.82) is 0 Å². The minimum Gasteiger partial charge on any atom is -0.335 e. The van der Waals surface area contributed by atoms with Gasteiger partial charge in [0.05, 0.1) is 5.54 Å². The first-order valence-corrected chi connectivity index (χ1v) is 7.23. The van der Waals surface area contributed by atoms with Crippen molar-refractivity contribution in [1.82, 2.24) is 4.90 Å². The number of carbonyl (C=O) groups is 1. The Hall–Kier alpha value is -1.87. The van der Waals surface area contributed by atoms with Crippen molar-refractivity contribution in [3.05, 3.63) is 48.0 Å². The van der Waals surface area contributed by atoms with E-state index in [0.717, 1.165) is 16.3 Å². The molecule has 1 amide bonds. The molecule has 2 aliphatic rings. The SMILES string of the molecule is NC1(C2CC2)CN(C(=O)c2cccc3ccccc23)C1. The highest BCUT2D eigenvalue weighted by molar-refractivity contribution is 6.07. The molecule has 0 spiro atoms. The number of rotatable bonds is 2. The van der Waals surface area contributed by atoms with Crippen LogP contribution in [0.1, 0.15) is 23.2 Å². The third-order valence-corrected chi connectivity index (χ3v) is 4.67. The van der Waals surface area contributed by atoms with Gasteiger partial charge in [0.1, 0.15) is 0 Å². The third-order valence-electron chi connectivity index (χ3n) is 4.67. The maximum absolute atomic E-state index is 12.6. The monoisotopic (exact) mass is 266 g/mol. The van der Waals surface area contributed by atoms with Crippen LogP contribution in [0.2, 0.25) is 0 Å². The number of benzene rings is 2. The lowest BCUT2D eigenvalue weighted by molar-refractivity contribution is 0.0352. The summed E-state index contributed by atoms with van der Waals surface area (Å²) in [6.07, 6.45) is 2.46. The van der Waals surface area contributed by atoms with E-state index in [2.05, 4.69) is 0 Å². The van der Waals surface area contributed by atoms with E-state index in [1.807, 2.05) is 47.4 Å². The summed E-state index contributed by atoms with van der Waals surface area (Å²) in [5.74, 6) is 0.752. The minimum atomic E-state index is -0.111. The zero-order chi connectivity index (χ0) is 13.7. The molecule has 1 aliphatic carbocycles. The first-order valence-electron chi connectivity index (χ1n) is 7.23. The largest absolute Gasteiger partial charge is 0.335 e. The molecule has 0 atom stereocenters. The third kappa shape index (κ3) is 1.74. The summed E-state index contributed by atoms with van der Waals surface area (Å²) in [4.78, 5) is 14.5. The van der Waals surface area contributed by atoms with Crippen molar-refractivity contribution in [2.45, 2.75) is 18.4 Å². The second kappa shape index (κ2) is 4.06. The summed E-state index contributed by atoms with van der Waals surface area (Å²) in [6.45, 7) is 1.42. The van der Waals surface area contributed by atoms with Gasteiger partial charge in [-0.1, -0.05) is 36.4 Å². The summed E-state index contributed by atoms with van der Waals surface area (Å²) < 4.78 is 0. The standard InChI is InChI=1S/C17H18N2O/c18-17(13-8-9-13)10-19(11-17)16(20)15-7-3-5-12-4-1-2-6-14(12)15/h1-7,13H,8-11,18H2. The van der Waals surface area contributed by atoms with E-state index in [0.29, 0.717) is 19.0 Å². The van der Waals surface area contributed by atoms with Crippen LogP contribution in [0.25, 0.3) is 10.8 Å². The van der Waals surface area contributed by atoms with Crippen LogP contribution in [0.15, 0.2) is 42.5 Å². The first-order chi connectivity index (χ1) is 9.67. The van der Waals surface area contributed by atoms with E-state index < -0.39 is 0 Å². The molecule has 3 heteroatoms. The summed E-state index contributed by atoms with van der Waals surface area (Å²) in [7, 11) is 0. The van der Waals surface area contributed by atoms with Crippen LogP contribution in [0.5, 0.6) is 0 Å². The lowest BCUT2D eigenvalue weighted by Gasteiger charge is -2.48. The molecule has 4 rings (SSSR count). The Morgan fingerprint density at radius 1 is 1.10 bits per heavy atom. The molecule has 3 nitrogen and oxygen atoms in total. The van der Waals surface area contributed by atoms with Crippen LogP contribution in [0, 0.1) is 5.92 Å². The van der Waals surface area contributed by atoms with E-state index in [4.69, 9.17) is 5.73 Å². The van der Waals surface area contributed by atoms with E-state index in [1.54, 1.807) is 0 Å². The summed E-state index contributed by atoms with van der Waals surface area (Å²) >= 11 is 0. The molecule has 0 radical (unpaired) electrons. The average Bonchev–Trinajstić information content (AvgIpc) is 3.27. The summed E-state index contributed by atoms with van der Waals surface area (Å²) in [6, 6.07) is 13.9. The molecule has 2 aromatic carbocycles. The summed E-state index contributed by atoms with van der Waals surface area (Å²) in [5, 5.41) is 2.14. The van der Waals surface area contributed by atoms with Gasteiger partial charge in [-0.05, 0) is 35.6 Å². The van der Waals surface area contributed by atoms with E-state index in [-0.39, 0.29) is 11.4 Å². The number of likely N-dealkylation sites (tertiary alicyclic amines) is 1. The molecular weight excluding hydrogens is 248 g/mol. The lowest BCUT2D eigenvalue weighted by Crippen LogP contribution is -2.69. The second-order valence-corrected chi connectivity index (χ2v) is 6.20. The Morgan fingerprint density at radius 3 is 2.55 bits per heavy atom. The van der Waals surface area contributed by atoms with Crippen molar-refractivity contribution in [2.75, 3.05) is 13.1 Å². The Balaban J connectivity index is 1.62. The molecule has 102 valence electrons. The van der Waals surface area contributed by atoms with Crippen molar-refractivity contribution < 1.29 is 4.79 Å². The molecule has 0 bridgehead atoms. The number of amides is 1. The number of nitrogens with zero attached hydrogens (tertiary/aromatic N) is 1. The van der Waals surface area contributed by atoms with Gasteiger partial charge in [-0.25, -0.2) is 0 Å². The smallest absolute Gasteiger partial charge is 0.254 e. The molecule has 0 unspecified atom stereocenters. The number of carbonyl (C=O) groups excluding carboxylic acids is 1. The maximum Gasteiger partial charge on any atom is 0.254 e. The van der Waals surface area contributed by atoms with Crippen molar-refractivity contribution in [3.8, 4) is 0 Å². The Kier molecular flexibility index (Phi) is 2.42. The van der Waals surface area contributed by atoms with Gasteiger partial charge in [-0.2, -0.15) is 0 Å². The topological polar surface area (TPSA) is 46.3 Å². The Morgan fingerprint density at radius 2 is 1.80 bits per heavy atom. The fourth-order valence-electron chi connectivity index (χ4n) is 3.31. The second-order valence-electron chi connectivity index (χ2n) is 6.20. The molecule has 2 fully saturated rings. The maximum atomic E-state index is 12.6. The molecule has 20 heavy (non-hydrogen) atoms. The predicted molar refractivity (Wildman–Crippen MR) is 79.5 cm³/mol. The highest BCUT2D eigenvalue weighted by atomic mass is 16.2. The van der Waals surface area contributed by atoms with Gasteiger partial charge >= 0.3 is 0 Å². The van der Waals surface area contributed by atoms with Crippen LogP contribution in [0.4, 0.5) is 0 Å². The van der Waals surface area contributed by atoms with Crippen LogP contribution in [0.3, 0.4) is 0 Å². The highest BCUT2D eigenvalue weighted by Crippen LogP contribution is 2.43. The number of hydrogen-bond donors (Lipinski definition) is 1. The predicted octanol–water partition coefficient (Wildman–Crippen LogP) is 2.40. The van der Waals surface area contributed by atoms with Gasteiger partial charge < -0.3 is 10.6 Å². The van der Waals surface area contributed by atoms with Crippen LogP contribution >= 0.6 is 0 Å². The highest BCUT2D eigenvalue weighted by Gasteiger charge is 2.51. The van der Waals surface area contributed by atoms with Gasteiger partial charge in [-0.3, -0.25) is 4.79 Å². The number of nitrogens with two attached hydrogens (primary N) is 1. The zero-order valence-electron chi connectivity index (χ0n) is 11.4. The molecular formula is C17H18N2O. The van der Waals surface area contributed by atoms with E-state index in [1.165, 1.54) is 12.8 Å². The average molecular weight is 266 g/mol. The molecule has 1 saturated heterocycles. The normalized spacial score (nSPS) is 20.8. The quantitative estimate of drug-likeness (QED) is 0.907. The minimum absolute atomic E-state index is 0.111. The number of hydrogen-bond acceptors (Lipinski definition) is 2. The van der Waals surface area contributed by atoms with Gasteiger partial charge in [0.15, 0.2) is 0 Å². The van der Waals surface area contributed by atoms with E-state index in [9.17, 15) is 4.79 Å². The van der Waals surface area contributed by atoms with Gasteiger partial charge in [0, 0.05) is 18.7 Å². The fraction of sp³-hybridized carbons (Fsp3) is 0.353. The van der Waals surface area contributed by atoms with E-state index >= 15 is 0 Å².